The van der Waals surface area contributed by atoms with Gasteiger partial charge < -0.3 is 0 Å². The van der Waals surface area contributed by atoms with Crippen LogP contribution >= 0.6 is 0 Å². The Bertz CT molecular complexity index is 949. The summed E-state index contributed by atoms with van der Waals surface area (Å²) in [7, 11) is 0. The largest absolute Gasteiger partial charge is 0.0617 e. The molecule has 0 N–H and O–H groups in total. The van der Waals surface area contributed by atoms with Crippen molar-refractivity contribution in [1.29, 1.82) is 0 Å². The fraction of sp³-hybridized carbons (Fsp3) is 0.120. The Labute approximate surface area is 150 Å². The van der Waals surface area contributed by atoms with Crippen molar-refractivity contribution < 1.29 is 0 Å². The van der Waals surface area contributed by atoms with Crippen LogP contribution in [0.5, 0.6) is 0 Å². The van der Waals surface area contributed by atoms with E-state index < -0.39 is 0 Å². The number of aryl methyl sites for hydroxylation is 2. The molecule has 3 aromatic rings. The molecule has 0 nitrogen and oxygen atoms in total. The van der Waals surface area contributed by atoms with Crippen LogP contribution in [-0.4, -0.2) is 0 Å². The van der Waals surface area contributed by atoms with Crippen LogP contribution in [0.4, 0.5) is 0 Å². The fourth-order valence-corrected chi connectivity index (χ4v) is 2.39. The lowest BCUT2D eigenvalue weighted by atomic mass is 10.1. The predicted octanol–water partition coefficient (Wildman–Crippen LogP) is 5.36. The Balaban J connectivity index is 1.70. The van der Waals surface area contributed by atoms with Crippen molar-refractivity contribution in [3.8, 4) is 23.7 Å². The second kappa shape index (κ2) is 8.05. The molecule has 0 amide bonds. The van der Waals surface area contributed by atoms with Gasteiger partial charge in [-0.05, 0) is 67.4 Å². The first kappa shape index (κ1) is 16.6. The maximum Gasteiger partial charge on any atom is 0.0249 e. The molecule has 0 unspecified atom stereocenters. The normalized spacial score (nSPS) is 9.52. The lowest BCUT2D eigenvalue weighted by Crippen LogP contribution is -1.81. The molecule has 0 heterocycles. The van der Waals surface area contributed by atoms with Crippen LogP contribution in [0, 0.1) is 30.6 Å². The Hall–Kier alpha value is -3.22. The van der Waals surface area contributed by atoms with Gasteiger partial charge in [0.25, 0.3) is 0 Å². The van der Waals surface area contributed by atoms with Gasteiger partial charge in [0.15, 0.2) is 0 Å². The highest BCUT2D eigenvalue weighted by Crippen LogP contribution is 2.06. The summed E-state index contributed by atoms with van der Waals surface area (Å²) in [4.78, 5) is 0. The maximum absolute atomic E-state index is 3.21. The summed E-state index contributed by atoms with van der Waals surface area (Å²) in [5, 5.41) is 0. The van der Waals surface area contributed by atoms with E-state index in [1.807, 2.05) is 36.4 Å². The number of rotatable bonds is 1. The van der Waals surface area contributed by atoms with Crippen molar-refractivity contribution in [2.75, 3.05) is 0 Å². The molecule has 25 heavy (non-hydrogen) atoms. The van der Waals surface area contributed by atoms with E-state index in [4.69, 9.17) is 0 Å². The van der Waals surface area contributed by atoms with E-state index in [9.17, 15) is 0 Å². The summed E-state index contributed by atoms with van der Waals surface area (Å²) in [5.41, 5.74) is 6.66. The molecule has 0 fully saturated rings. The first-order valence-electron chi connectivity index (χ1n) is 8.52. The zero-order chi connectivity index (χ0) is 17.5. The third kappa shape index (κ3) is 4.87. The Kier molecular flexibility index (Phi) is 5.36. The molecule has 0 bridgehead atoms. The molecule has 3 rings (SSSR count). The molecule has 0 saturated heterocycles. The molecule has 0 radical (unpaired) electrons. The third-order valence-electron chi connectivity index (χ3n) is 4.00. The van der Waals surface area contributed by atoms with Gasteiger partial charge in [-0.2, -0.15) is 0 Å². The summed E-state index contributed by atoms with van der Waals surface area (Å²) in [6.07, 6.45) is 1.05. The standard InChI is InChI=1S/C25H20/c1-3-21-8-10-23(11-9-21)14-15-25-18-16-24(17-19-25)13-12-22-6-4-20(2)5-7-22/h4-11,16-19H,3H2,1-2H3. The first-order valence-corrected chi connectivity index (χ1v) is 8.52. The van der Waals surface area contributed by atoms with E-state index in [1.165, 1.54) is 11.1 Å². The highest BCUT2D eigenvalue weighted by atomic mass is 14.0. The van der Waals surface area contributed by atoms with Crippen molar-refractivity contribution in [3.05, 3.63) is 106 Å². The summed E-state index contributed by atoms with van der Waals surface area (Å²) < 4.78 is 0. The van der Waals surface area contributed by atoms with E-state index in [2.05, 4.69) is 73.9 Å². The molecule has 0 heteroatoms. The zero-order valence-electron chi connectivity index (χ0n) is 14.6. The number of benzene rings is 3. The number of hydrogen-bond donors (Lipinski definition) is 0. The molecule has 0 aliphatic carbocycles. The van der Waals surface area contributed by atoms with E-state index in [-0.39, 0.29) is 0 Å². The van der Waals surface area contributed by atoms with Gasteiger partial charge in [-0.3, -0.25) is 0 Å². The predicted molar refractivity (Wildman–Crippen MR) is 105 cm³/mol. The smallest absolute Gasteiger partial charge is 0.0249 e. The molecule has 120 valence electrons. The molecular formula is C25H20. The van der Waals surface area contributed by atoms with Gasteiger partial charge >= 0.3 is 0 Å². The van der Waals surface area contributed by atoms with Gasteiger partial charge in [0.2, 0.25) is 0 Å². The highest BCUT2D eigenvalue weighted by molar-refractivity contribution is 5.48. The average Bonchev–Trinajstić information content (AvgIpc) is 2.67. The summed E-state index contributed by atoms with van der Waals surface area (Å²) in [5.74, 6) is 12.8. The lowest BCUT2D eigenvalue weighted by molar-refractivity contribution is 1.14. The Morgan fingerprint density at radius 3 is 1.20 bits per heavy atom. The van der Waals surface area contributed by atoms with Crippen LogP contribution in [0.3, 0.4) is 0 Å². The summed E-state index contributed by atoms with van der Waals surface area (Å²) in [6.45, 7) is 4.24. The average molecular weight is 320 g/mol. The fourth-order valence-electron chi connectivity index (χ4n) is 2.39. The minimum atomic E-state index is 0.999. The van der Waals surface area contributed by atoms with Gasteiger partial charge in [0.1, 0.15) is 0 Å². The molecular weight excluding hydrogens is 300 g/mol. The van der Waals surface area contributed by atoms with Gasteiger partial charge in [0.05, 0.1) is 0 Å². The molecule has 0 atom stereocenters. The lowest BCUT2D eigenvalue weighted by Gasteiger charge is -1.95. The topological polar surface area (TPSA) is 0 Å². The van der Waals surface area contributed by atoms with Crippen molar-refractivity contribution in [3.63, 3.8) is 0 Å². The highest BCUT2D eigenvalue weighted by Gasteiger charge is 1.91. The van der Waals surface area contributed by atoms with Crippen LogP contribution < -0.4 is 0 Å². The van der Waals surface area contributed by atoms with Gasteiger partial charge in [0, 0.05) is 22.3 Å². The molecule has 0 aliphatic heterocycles. The Morgan fingerprint density at radius 1 is 0.520 bits per heavy atom. The second-order valence-corrected chi connectivity index (χ2v) is 5.99. The van der Waals surface area contributed by atoms with Crippen LogP contribution in [0.15, 0.2) is 72.8 Å². The van der Waals surface area contributed by atoms with Crippen molar-refractivity contribution in [2.45, 2.75) is 20.3 Å². The zero-order valence-corrected chi connectivity index (χ0v) is 14.6. The Morgan fingerprint density at radius 2 is 0.840 bits per heavy atom. The van der Waals surface area contributed by atoms with Crippen LogP contribution in [0.1, 0.15) is 40.3 Å². The second-order valence-electron chi connectivity index (χ2n) is 5.99. The summed E-state index contributed by atoms with van der Waals surface area (Å²) >= 11 is 0. The maximum atomic E-state index is 3.21. The van der Waals surface area contributed by atoms with Crippen LogP contribution in [0.2, 0.25) is 0 Å². The van der Waals surface area contributed by atoms with Crippen molar-refractivity contribution in [2.24, 2.45) is 0 Å². The molecule has 0 aromatic heterocycles. The minimum Gasteiger partial charge on any atom is -0.0617 e. The van der Waals surface area contributed by atoms with Crippen LogP contribution in [-0.2, 0) is 6.42 Å². The first-order chi connectivity index (χ1) is 12.2. The monoisotopic (exact) mass is 320 g/mol. The SMILES string of the molecule is CCc1ccc(C#Cc2ccc(C#Cc3ccc(C)cc3)cc2)cc1. The summed E-state index contributed by atoms with van der Waals surface area (Å²) in [6, 6.07) is 24.8. The molecule has 0 spiro atoms. The van der Waals surface area contributed by atoms with E-state index in [0.717, 1.165) is 28.7 Å². The van der Waals surface area contributed by atoms with E-state index >= 15 is 0 Å². The van der Waals surface area contributed by atoms with Gasteiger partial charge in [-0.15, -0.1) is 0 Å². The van der Waals surface area contributed by atoms with Crippen molar-refractivity contribution >= 4 is 0 Å². The molecule has 0 aliphatic rings. The van der Waals surface area contributed by atoms with E-state index in [1.54, 1.807) is 0 Å². The van der Waals surface area contributed by atoms with Crippen LogP contribution in [0.25, 0.3) is 0 Å². The van der Waals surface area contributed by atoms with Gasteiger partial charge in [-0.25, -0.2) is 0 Å². The van der Waals surface area contributed by atoms with E-state index in [0.29, 0.717) is 0 Å². The number of hydrogen-bond acceptors (Lipinski definition) is 0. The van der Waals surface area contributed by atoms with Gasteiger partial charge in [-0.1, -0.05) is 60.4 Å². The van der Waals surface area contributed by atoms with Crippen molar-refractivity contribution in [1.82, 2.24) is 0 Å². The molecule has 0 saturated carbocycles. The quantitative estimate of drug-likeness (QED) is 0.530. The molecule has 3 aromatic carbocycles. The third-order valence-corrected chi connectivity index (χ3v) is 4.00. The minimum absolute atomic E-state index is 0.999.